The van der Waals surface area contributed by atoms with Gasteiger partial charge in [0.1, 0.15) is 6.17 Å². The third-order valence-electron chi connectivity index (χ3n) is 4.85. The van der Waals surface area contributed by atoms with Gasteiger partial charge in [0, 0.05) is 12.2 Å². The lowest BCUT2D eigenvalue weighted by atomic mass is 10.1. The van der Waals surface area contributed by atoms with Gasteiger partial charge in [-0.2, -0.15) is 13.2 Å². The Morgan fingerprint density at radius 1 is 1.10 bits per heavy atom. The Bertz CT molecular complexity index is 898. The average molecular weight is 424 g/mol. The number of urea groups is 1. The lowest BCUT2D eigenvalue weighted by Crippen LogP contribution is -2.42. The minimum absolute atomic E-state index is 0.0408. The maximum atomic E-state index is 13.6. The van der Waals surface area contributed by atoms with Crippen molar-refractivity contribution >= 4 is 17.7 Å². The van der Waals surface area contributed by atoms with Crippen LogP contribution in [0.25, 0.3) is 0 Å². The molecule has 30 heavy (non-hydrogen) atoms. The van der Waals surface area contributed by atoms with Gasteiger partial charge in [-0.25, -0.2) is 14.0 Å². The van der Waals surface area contributed by atoms with Crippen LogP contribution in [-0.4, -0.2) is 43.3 Å². The average Bonchev–Trinajstić information content (AvgIpc) is 3.17. The van der Waals surface area contributed by atoms with Crippen LogP contribution < -0.4 is 4.90 Å². The molecule has 3 rings (SSSR count). The van der Waals surface area contributed by atoms with Crippen molar-refractivity contribution in [2.24, 2.45) is 0 Å². The van der Waals surface area contributed by atoms with E-state index in [0.29, 0.717) is 11.1 Å². The molecule has 9 heteroatoms. The van der Waals surface area contributed by atoms with Crippen molar-refractivity contribution in [1.82, 2.24) is 4.90 Å². The zero-order valence-electron chi connectivity index (χ0n) is 16.2. The van der Waals surface area contributed by atoms with E-state index in [4.69, 9.17) is 0 Å². The van der Waals surface area contributed by atoms with E-state index in [0.717, 1.165) is 12.1 Å². The summed E-state index contributed by atoms with van der Waals surface area (Å²) in [6, 6.07) is 10.0. The topological polar surface area (TPSA) is 49.9 Å². The molecule has 1 heterocycles. The SMILES string of the molecule is COC(=O)c1ccc(CN(C(=O)N2CCC(F)C2)c2ccc(C(F)(F)F)cc2)cc1. The first-order valence-corrected chi connectivity index (χ1v) is 9.24. The Balaban J connectivity index is 1.87. The van der Waals surface area contributed by atoms with Crippen LogP contribution in [-0.2, 0) is 17.5 Å². The number of likely N-dealkylation sites (tertiary alicyclic amines) is 1. The molecule has 1 atom stereocenters. The number of methoxy groups -OCH3 is 1. The molecule has 1 aliphatic heterocycles. The second-order valence-corrected chi connectivity index (χ2v) is 6.93. The highest BCUT2D eigenvalue weighted by Gasteiger charge is 2.32. The van der Waals surface area contributed by atoms with E-state index in [9.17, 15) is 27.2 Å². The molecule has 0 aromatic heterocycles. The minimum Gasteiger partial charge on any atom is -0.465 e. The summed E-state index contributed by atoms with van der Waals surface area (Å²) in [4.78, 5) is 27.2. The molecular weight excluding hydrogens is 404 g/mol. The number of rotatable bonds is 4. The summed E-state index contributed by atoms with van der Waals surface area (Å²) in [5.41, 5.74) is 0.402. The van der Waals surface area contributed by atoms with Crippen molar-refractivity contribution in [1.29, 1.82) is 0 Å². The number of halogens is 4. The van der Waals surface area contributed by atoms with Gasteiger partial charge in [-0.1, -0.05) is 12.1 Å². The van der Waals surface area contributed by atoms with Crippen molar-refractivity contribution in [2.45, 2.75) is 25.3 Å². The summed E-state index contributed by atoms with van der Waals surface area (Å²) in [5, 5.41) is 0. The van der Waals surface area contributed by atoms with Crippen LogP contribution in [0.3, 0.4) is 0 Å². The van der Waals surface area contributed by atoms with E-state index in [2.05, 4.69) is 4.74 Å². The first-order chi connectivity index (χ1) is 14.2. The highest BCUT2D eigenvalue weighted by molar-refractivity contribution is 5.92. The second-order valence-electron chi connectivity index (χ2n) is 6.93. The number of alkyl halides is 4. The summed E-state index contributed by atoms with van der Waals surface area (Å²) in [6.45, 7) is 0.217. The fourth-order valence-corrected chi connectivity index (χ4v) is 3.21. The van der Waals surface area contributed by atoms with Gasteiger partial charge in [0.15, 0.2) is 0 Å². The minimum atomic E-state index is -4.49. The summed E-state index contributed by atoms with van der Waals surface area (Å²) < 4.78 is 56.9. The van der Waals surface area contributed by atoms with Gasteiger partial charge in [0.25, 0.3) is 0 Å². The number of amides is 2. The van der Waals surface area contributed by atoms with Crippen molar-refractivity contribution < 1.29 is 31.9 Å². The maximum absolute atomic E-state index is 13.6. The Morgan fingerprint density at radius 3 is 2.23 bits per heavy atom. The highest BCUT2D eigenvalue weighted by Crippen LogP contribution is 2.31. The van der Waals surface area contributed by atoms with Crippen LogP contribution in [0.1, 0.15) is 27.9 Å². The fraction of sp³-hybridized carbons (Fsp3) is 0.333. The first kappa shape index (κ1) is 21.6. The Hall–Kier alpha value is -3.10. The van der Waals surface area contributed by atoms with Gasteiger partial charge < -0.3 is 9.64 Å². The summed E-state index contributed by atoms with van der Waals surface area (Å²) in [6.07, 6.45) is -5.39. The van der Waals surface area contributed by atoms with Crippen LogP contribution in [0.4, 0.5) is 28.0 Å². The maximum Gasteiger partial charge on any atom is 0.416 e. The standard InChI is InChI=1S/C21H20F4N2O3/c1-30-19(28)15-4-2-14(3-5-15)12-27(20(29)26-11-10-17(22)13-26)18-8-6-16(7-9-18)21(23,24)25/h2-9,17H,10-13H2,1H3. The van der Waals surface area contributed by atoms with E-state index in [-0.39, 0.29) is 31.7 Å². The van der Waals surface area contributed by atoms with Crippen LogP contribution in [0, 0.1) is 0 Å². The van der Waals surface area contributed by atoms with Gasteiger partial charge in [-0.3, -0.25) is 4.90 Å². The number of anilines is 1. The number of esters is 1. The second kappa shape index (κ2) is 8.73. The first-order valence-electron chi connectivity index (χ1n) is 9.24. The van der Waals surface area contributed by atoms with E-state index in [1.54, 1.807) is 12.1 Å². The van der Waals surface area contributed by atoms with Crippen LogP contribution in [0.5, 0.6) is 0 Å². The molecule has 2 aromatic carbocycles. The number of hydrogen-bond acceptors (Lipinski definition) is 3. The van der Waals surface area contributed by atoms with Crippen molar-refractivity contribution in [3.8, 4) is 0 Å². The van der Waals surface area contributed by atoms with Crippen LogP contribution >= 0.6 is 0 Å². The lowest BCUT2D eigenvalue weighted by Gasteiger charge is -2.28. The molecule has 160 valence electrons. The smallest absolute Gasteiger partial charge is 0.416 e. The number of benzene rings is 2. The predicted octanol–water partition coefficient (Wildman–Crippen LogP) is 4.66. The Labute approximate surface area is 170 Å². The predicted molar refractivity (Wildman–Crippen MR) is 102 cm³/mol. The molecule has 2 aromatic rings. The van der Waals surface area contributed by atoms with Crippen molar-refractivity contribution in [2.75, 3.05) is 25.1 Å². The molecule has 1 aliphatic rings. The molecule has 0 N–H and O–H groups in total. The zero-order valence-corrected chi connectivity index (χ0v) is 16.2. The highest BCUT2D eigenvalue weighted by atomic mass is 19.4. The zero-order chi connectivity index (χ0) is 21.9. The molecular formula is C21H20F4N2O3. The molecule has 1 unspecified atom stereocenters. The molecule has 0 saturated carbocycles. The largest absolute Gasteiger partial charge is 0.465 e. The molecule has 0 spiro atoms. The summed E-state index contributed by atoms with van der Waals surface area (Å²) in [7, 11) is 1.26. The van der Waals surface area contributed by atoms with Crippen LogP contribution in [0.2, 0.25) is 0 Å². The van der Waals surface area contributed by atoms with Crippen molar-refractivity contribution in [3.05, 3.63) is 65.2 Å². The monoisotopic (exact) mass is 424 g/mol. The number of nitrogens with zero attached hydrogens (tertiary/aromatic N) is 2. The van der Waals surface area contributed by atoms with E-state index < -0.39 is 29.9 Å². The number of carbonyl (C=O) groups is 2. The third-order valence-corrected chi connectivity index (χ3v) is 4.85. The fourth-order valence-electron chi connectivity index (χ4n) is 3.21. The lowest BCUT2D eigenvalue weighted by molar-refractivity contribution is -0.137. The number of hydrogen-bond donors (Lipinski definition) is 0. The molecule has 2 amide bonds. The summed E-state index contributed by atoms with van der Waals surface area (Å²) in [5.74, 6) is -0.511. The Kier molecular flexibility index (Phi) is 6.28. The molecule has 0 aliphatic carbocycles. The van der Waals surface area contributed by atoms with Gasteiger partial charge in [0.2, 0.25) is 0 Å². The van der Waals surface area contributed by atoms with Gasteiger partial charge >= 0.3 is 18.2 Å². The van der Waals surface area contributed by atoms with Gasteiger partial charge in [-0.15, -0.1) is 0 Å². The molecule has 1 fully saturated rings. The third kappa shape index (κ3) is 4.90. The number of ether oxygens (including phenoxy) is 1. The Morgan fingerprint density at radius 2 is 1.73 bits per heavy atom. The van der Waals surface area contributed by atoms with E-state index >= 15 is 0 Å². The van der Waals surface area contributed by atoms with Crippen molar-refractivity contribution in [3.63, 3.8) is 0 Å². The molecule has 1 saturated heterocycles. The molecule has 5 nitrogen and oxygen atoms in total. The molecule has 0 radical (unpaired) electrons. The van der Waals surface area contributed by atoms with Gasteiger partial charge in [-0.05, 0) is 48.4 Å². The van der Waals surface area contributed by atoms with Crippen LogP contribution in [0.15, 0.2) is 48.5 Å². The normalized spacial score (nSPS) is 16.4. The van der Waals surface area contributed by atoms with E-state index in [1.807, 2.05) is 0 Å². The molecule has 0 bridgehead atoms. The summed E-state index contributed by atoms with van der Waals surface area (Å²) >= 11 is 0. The van der Waals surface area contributed by atoms with Gasteiger partial charge in [0.05, 0.1) is 31.3 Å². The van der Waals surface area contributed by atoms with E-state index in [1.165, 1.54) is 41.2 Å². The quantitative estimate of drug-likeness (QED) is 0.530. The number of carbonyl (C=O) groups excluding carboxylic acids is 2.